The number of halogens is 1. The second-order valence-electron chi connectivity index (χ2n) is 4.26. The van der Waals surface area contributed by atoms with Crippen LogP contribution in [-0.2, 0) is 6.54 Å². The van der Waals surface area contributed by atoms with Gasteiger partial charge in [0.15, 0.2) is 16.0 Å². The third-order valence-corrected chi connectivity index (χ3v) is 3.90. The lowest BCUT2D eigenvalue weighted by Crippen LogP contribution is -2.04. The first kappa shape index (κ1) is 16.4. The summed E-state index contributed by atoms with van der Waals surface area (Å²) in [5.41, 5.74) is 1.20. The Hall–Kier alpha value is -1.97. The van der Waals surface area contributed by atoms with E-state index in [2.05, 4.69) is 16.4 Å². The van der Waals surface area contributed by atoms with Gasteiger partial charge in [-0.3, -0.25) is 0 Å². The Morgan fingerprint density at radius 1 is 1.27 bits per heavy atom. The van der Waals surface area contributed by atoms with E-state index in [0.29, 0.717) is 47.0 Å². The third kappa shape index (κ3) is 4.03. The number of ether oxygens (including phenoxy) is 2. The van der Waals surface area contributed by atoms with Crippen molar-refractivity contribution in [3.8, 4) is 17.6 Å². The van der Waals surface area contributed by atoms with E-state index in [1.165, 1.54) is 11.3 Å². The number of hydrogen-bond donors (Lipinski definition) is 1. The Bertz CT molecular complexity index is 682. The zero-order valence-electron chi connectivity index (χ0n) is 12.4. The number of hydrogen-bond acceptors (Lipinski definition) is 6. The van der Waals surface area contributed by atoms with Gasteiger partial charge in [0, 0.05) is 23.2 Å². The van der Waals surface area contributed by atoms with Crippen LogP contribution in [0.25, 0.3) is 0 Å². The molecule has 7 heteroatoms. The smallest absolute Gasteiger partial charge is 0.183 e. The molecule has 2 rings (SSSR count). The number of rotatable bonds is 7. The number of benzene rings is 1. The van der Waals surface area contributed by atoms with Crippen LogP contribution in [0.1, 0.15) is 24.3 Å². The molecule has 0 aliphatic carbocycles. The molecule has 0 amide bonds. The summed E-state index contributed by atoms with van der Waals surface area (Å²) in [6.07, 6.45) is 1.71. The molecule has 1 heterocycles. The van der Waals surface area contributed by atoms with Gasteiger partial charge >= 0.3 is 0 Å². The zero-order valence-corrected chi connectivity index (χ0v) is 13.9. The van der Waals surface area contributed by atoms with E-state index >= 15 is 0 Å². The molecule has 1 aromatic carbocycles. The van der Waals surface area contributed by atoms with Crippen LogP contribution in [0.2, 0.25) is 4.47 Å². The standard InChI is InChI=1S/C15H16ClN3O2S/c1-3-20-13-5-10(7-17)12(6-14(13)21-4-2)18-8-11-9-19-15(16)22-11/h5-6,9,18H,3-4,8H2,1-2H3. The van der Waals surface area contributed by atoms with E-state index in [9.17, 15) is 5.26 Å². The predicted octanol–water partition coefficient (Wildman–Crippen LogP) is 4.08. The van der Waals surface area contributed by atoms with Gasteiger partial charge in [-0.25, -0.2) is 4.98 Å². The Kier molecular flexibility index (Phi) is 5.87. The normalized spacial score (nSPS) is 10.1. The number of nitrogens with zero attached hydrogens (tertiary/aromatic N) is 2. The van der Waals surface area contributed by atoms with E-state index in [4.69, 9.17) is 21.1 Å². The van der Waals surface area contributed by atoms with Gasteiger partial charge in [0.1, 0.15) is 6.07 Å². The molecule has 0 atom stereocenters. The average molecular weight is 338 g/mol. The molecule has 0 radical (unpaired) electrons. The minimum Gasteiger partial charge on any atom is -0.490 e. The lowest BCUT2D eigenvalue weighted by molar-refractivity contribution is 0.288. The Balaban J connectivity index is 2.24. The molecule has 1 N–H and O–H groups in total. The van der Waals surface area contributed by atoms with Crippen molar-refractivity contribution in [1.29, 1.82) is 5.26 Å². The summed E-state index contributed by atoms with van der Waals surface area (Å²) >= 11 is 7.21. The van der Waals surface area contributed by atoms with Crippen molar-refractivity contribution < 1.29 is 9.47 Å². The maximum atomic E-state index is 9.32. The van der Waals surface area contributed by atoms with E-state index in [-0.39, 0.29) is 0 Å². The largest absolute Gasteiger partial charge is 0.490 e. The van der Waals surface area contributed by atoms with Crippen molar-refractivity contribution in [3.63, 3.8) is 0 Å². The highest BCUT2D eigenvalue weighted by molar-refractivity contribution is 7.15. The van der Waals surface area contributed by atoms with Crippen LogP contribution < -0.4 is 14.8 Å². The van der Waals surface area contributed by atoms with Crippen molar-refractivity contribution in [2.45, 2.75) is 20.4 Å². The topological polar surface area (TPSA) is 67.2 Å². The first-order valence-corrected chi connectivity index (χ1v) is 8.05. The fourth-order valence-electron chi connectivity index (χ4n) is 1.88. The van der Waals surface area contributed by atoms with Crippen LogP contribution in [0, 0.1) is 11.3 Å². The van der Waals surface area contributed by atoms with E-state index < -0.39 is 0 Å². The molecule has 0 spiro atoms. The molecule has 22 heavy (non-hydrogen) atoms. The second kappa shape index (κ2) is 7.87. The van der Waals surface area contributed by atoms with Crippen LogP contribution in [0.15, 0.2) is 18.3 Å². The van der Waals surface area contributed by atoms with Gasteiger partial charge in [0.2, 0.25) is 0 Å². The molecule has 2 aromatic rings. The summed E-state index contributed by atoms with van der Waals surface area (Å²) in [4.78, 5) is 4.98. The first-order valence-electron chi connectivity index (χ1n) is 6.85. The van der Waals surface area contributed by atoms with Crippen LogP contribution in [0.5, 0.6) is 11.5 Å². The number of thiazole rings is 1. The van der Waals surface area contributed by atoms with E-state index in [1.54, 1.807) is 18.3 Å². The molecule has 0 bridgehead atoms. The summed E-state index contributed by atoms with van der Waals surface area (Å²) in [5, 5.41) is 12.5. The Morgan fingerprint density at radius 2 is 1.95 bits per heavy atom. The summed E-state index contributed by atoms with van der Waals surface area (Å²) in [6, 6.07) is 5.65. The minimum absolute atomic E-state index is 0.499. The lowest BCUT2D eigenvalue weighted by Gasteiger charge is -2.14. The van der Waals surface area contributed by atoms with Crippen LogP contribution >= 0.6 is 22.9 Å². The Morgan fingerprint density at radius 3 is 2.50 bits per heavy atom. The van der Waals surface area contributed by atoms with Crippen LogP contribution in [0.3, 0.4) is 0 Å². The summed E-state index contributed by atoms with van der Waals surface area (Å²) < 4.78 is 11.6. The molecule has 0 fully saturated rings. The van der Waals surface area contributed by atoms with Gasteiger partial charge in [-0.1, -0.05) is 11.6 Å². The highest BCUT2D eigenvalue weighted by atomic mass is 35.5. The minimum atomic E-state index is 0.499. The molecule has 116 valence electrons. The molecule has 0 unspecified atom stereocenters. The summed E-state index contributed by atoms with van der Waals surface area (Å²) in [7, 11) is 0. The van der Waals surface area contributed by atoms with Gasteiger partial charge in [-0.15, -0.1) is 11.3 Å². The van der Waals surface area contributed by atoms with Crippen LogP contribution in [-0.4, -0.2) is 18.2 Å². The molecule has 0 aliphatic rings. The number of anilines is 1. The van der Waals surface area contributed by atoms with Gasteiger partial charge in [-0.2, -0.15) is 5.26 Å². The van der Waals surface area contributed by atoms with Crippen molar-refractivity contribution in [1.82, 2.24) is 4.98 Å². The Labute approximate surface area is 138 Å². The molecular weight excluding hydrogens is 322 g/mol. The summed E-state index contributed by atoms with van der Waals surface area (Å²) in [6.45, 7) is 5.37. The third-order valence-electron chi connectivity index (χ3n) is 2.78. The monoisotopic (exact) mass is 337 g/mol. The number of aromatic nitrogens is 1. The number of nitriles is 1. The van der Waals surface area contributed by atoms with Crippen molar-refractivity contribution >= 4 is 28.6 Å². The van der Waals surface area contributed by atoms with Crippen molar-refractivity contribution in [2.24, 2.45) is 0 Å². The molecule has 1 aromatic heterocycles. The fraction of sp³-hybridized carbons (Fsp3) is 0.333. The van der Waals surface area contributed by atoms with Gasteiger partial charge in [0.05, 0.1) is 31.0 Å². The van der Waals surface area contributed by atoms with Gasteiger partial charge in [-0.05, 0) is 13.8 Å². The molecule has 5 nitrogen and oxygen atoms in total. The average Bonchev–Trinajstić information content (AvgIpc) is 2.93. The quantitative estimate of drug-likeness (QED) is 0.824. The van der Waals surface area contributed by atoms with Crippen molar-refractivity contribution in [2.75, 3.05) is 18.5 Å². The van der Waals surface area contributed by atoms with E-state index in [0.717, 1.165) is 4.88 Å². The highest BCUT2D eigenvalue weighted by Crippen LogP contribution is 2.34. The van der Waals surface area contributed by atoms with Crippen molar-refractivity contribution in [3.05, 3.63) is 33.2 Å². The molecular formula is C15H16ClN3O2S. The van der Waals surface area contributed by atoms with Gasteiger partial charge in [0.25, 0.3) is 0 Å². The van der Waals surface area contributed by atoms with E-state index in [1.807, 2.05) is 13.8 Å². The SMILES string of the molecule is CCOc1cc(C#N)c(NCc2cnc(Cl)s2)cc1OCC. The zero-order chi connectivity index (χ0) is 15.9. The van der Waals surface area contributed by atoms with Gasteiger partial charge < -0.3 is 14.8 Å². The maximum absolute atomic E-state index is 9.32. The fourth-order valence-corrected chi connectivity index (χ4v) is 2.80. The predicted molar refractivity (Wildman–Crippen MR) is 87.9 cm³/mol. The first-order chi connectivity index (χ1) is 10.7. The van der Waals surface area contributed by atoms with Crippen LogP contribution in [0.4, 0.5) is 5.69 Å². The maximum Gasteiger partial charge on any atom is 0.183 e. The summed E-state index contributed by atoms with van der Waals surface area (Å²) in [5.74, 6) is 1.19. The lowest BCUT2D eigenvalue weighted by atomic mass is 10.1. The second-order valence-corrected chi connectivity index (χ2v) is 5.95. The molecule has 0 aliphatic heterocycles. The highest BCUT2D eigenvalue weighted by Gasteiger charge is 2.12. The molecule has 0 saturated heterocycles. The number of nitrogens with one attached hydrogen (secondary N) is 1. The molecule has 0 saturated carbocycles.